The zero-order valence-electron chi connectivity index (χ0n) is 45.4. The molecule has 24 heteroatoms. The van der Waals surface area contributed by atoms with E-state index in [0.29, 0.717) is 37.6 Å². The van der Waals surface area contributed by atoms with Crippen molar-refractivity contribution in [3.8, 4) is 11.5 Å². The third-order valence-corrected chi connectivity index (χ3v) is 16.5. The predicted molar refractivity (Wildman–Crippen MR) is 290 cm³/mol. The summed E-state index contributed by atoms with van der Waals surface area (Å²) in [5.41, 5.74) is 3.98. The maximum absolute atomic E-state index is 15.4. The number of piperidine rings is 2. The van der Waals surface area contributed by atoms with Crippen LogP contribution in [0.1, 0.15) is 73.3 Å². The summed E-state index contributed by atoms with van der Waals surface area (Å²) >= 11 is 0. The molecule has 7 heterocycles. The van der Waals surface area contributed by atoms with E-state index in [1.54, 1.807) is 39.8 Å². The number of fused-ring (bicyclic) bond motifs is 2. The summed E-state index contributed by atoms with van der Waals surface area (Å²) in [7, 11) is 3.63. The summed E-state index contributed by atoms with van der Waals surface area (Å²) in [6, 6.07) is 18.7. The first-order valence-electron chi connectivity index (χ1n) is 27.0. The topological polar surface area (TPSA) is 174 Å². The standard InChI is InChI=1S/C29H33F3N6O3.C28H30F3N7O2/c1-3-36-17-29(18-36)8-10-37(11-9-29)28(41)38(22-7-6-20-14-34-35(2)24(20)13-22)16-21-5-4-19(12-23(21)30)25(39)15-33-27(40)26(31)32;1-3-36-16-28(17-36)8-10-37(11-9-28)27(39)38(21-7-6-19-14-32-35(2)23(19)13-21)15-20-5-4-18(12-22(20)29)25-33-34-26(40-25)24(30)31/h4-7,12-14,26H,3,8-11,15-18H2,1-2H3,(H,33,40);4-7,12-14,24H,3,8-11,15-17H2,1-2H3. The Labute approximate surface area is 463 Å². The molecule has 0 atom stereocenters. The molecule has 4 aliphatic rings. The van der Waals surface area contributed by atoms with Gasteiger partial charge in [0.05, 0.1) is 43.1 Å². The molecule has 81 heavy (non-hydrogen) atoms. The molecule has 0 aliphatic carbocycles. The van der Waals surface area contributed by atoms with Gasteiger partial charge in [-0.1, -0.05) is 32.0 Å². The Balaban J connectivity index is 0.000000182. The van der Waals surface area contributed by atoms with Crippen LogP contribution in [0.4, 0.5) is 47.3 Å². The number of nitrogens with one attached hydrogen (secondary N) is 1. The second-order valence-corrected chi connectivity index (χ2v) is 21.6. The van der Waals surface area contributed by atoms with Gasteiger partial charge < -0.3 is 29.3 Å². The Hall–Kier alpha value is -7.86. The molecule has 7 aromatic rings. The van der Waals surface area contributed by atoms with E-state index < -0.39 is 48.6 Å². The van der Waals surface area contributed by atoms with E-state index in [9.17, 15) is 36.7 Å². The first kappa shape index (κ1) is 56.4. The third-order valence-electron chi connectivity index (χ3n) is 16.5. The lowest BCUT2D eigenvalue weighted by atomic mass is 9.72. The number of Topliss-reactive ketones (excluding diaryl/α,β-unsaturated/α-hetero) is 1. The first-order valence-corrected chi connectivity index (χ1v) is 27.0. The van der Waals surface area contributed by atoms with Crippen LogP contribution in [0, 0.1) is 22.5 Å². The zero-order valence-corrected chi connectivity index (χ0v) is 45.4. The summed E-state index contributed by atoms with van der Waals surface area (Å²) in [5.74, 6) is -4.63. The molecule has 428 valence electrons. The van der Waals surface area contributed by atoms with Gasteiger partial charge in [0.25, 0.3) is 11.8 Å². The molecule has 1 N–H and O–H groups in total. The average Bonchev–Trinajstić information content (AvgIpc) is 4.36. The van der Waals surface area contributed by atoms with E-state index in [2.05, 4.69) is 44.0 Å². The number of nitrogens with zero attached hydrogens (tertiary/aromatic N) is 12. The van der Waals surface area contributed by atoms with Crippen LogP contribution >= 0.6 is 0 Å². The summed E-state index contributed by atoms with van der Waals surface area (Å²) in [6.45, 7) is 12.3. The van der Waals surface area contributed by atoms with Crippen LogP contribution in [0.3, 0.4) is 0 Å². The molecular weight excluding hydrogens is 1060 g/mol. The molecule has 2 spiro atoms. The summed E-state index contributed by atoms with van der Waals surface area (Å²) in [5, 5.41) is 19.1. The Morgan fingerprint density at radius 1 is 0.642 bits per heavy atom. The van der Waals surface area contributed by atoms with Crippen LogP contribution in [-0.2, 0) is 32.0 Å². The molecule has 0 saturated carbocycles. The van der Waals surface area contributed by atoms with Crippen LogP contribution in [0.5, 0.6) is 0 Å². The van der Waals surface area contributed by atoms with Crippen molar-refractivity contribution in [2.45, 2.75) is 65.5 Å². The molecule has 0 unspecified atom stereocenters. The molecule has 0 radical (unpaired) electrons. The summed E-state index contributed by atoms with van der Waals surface area (Å²) < 4.78 is 89.6. The van der Waals surface area contributed by atoms with E-state index in [0.717, 1.165) is 98.9 Å². The number of aryl methyl sites for hydroxylation is 2. The normalized spacial score (nSPS) is 16.9. The van der Waals surface area contributed by atoms with Crippen molar-refractivity contribution < 1.29 is 49.9 Å². The Kier molecular flexibility index (Phi) is 16.2. The van der Waals surface area contributed by atoms with Crippen molar-refractivity contribution in [3.63, 3.8) is 0 Å². The highest BCUT2D eigenvalue weighted by molar-refractivity contribution is 6.00. The molecule has 4 saturated heterocycles. The van der Waals surface area contributed by atoms with Crippen molar-refractivity contribution in [2.24, 2.45) is 24.9 Å². The lowest BCUT2D eigenvalue weighted by molar-refractivity contribution is -0.131. The number of carbonyl (C=O) groups is 4. The molecule has 11 rings (SSSR count). The number of hydrogen-bond donors (Lipinski definition) is 1. The number of benzene rings is 4. The fourth-order valence-corrected chi connectivity index (χ4v) is 11.5. The number of anilines is 2. The number of halogens is 6. The fourth-order valence-electron chi connectivity index (χ4n) is 11.5. The monoisotopic (exact) mass is 1120 g/mol. The number of likely N-dealkylation sites (tertiary alicyclic amines) is 4. The Morgan fingerprint density at radius 2 is 1.12 bits per heavy atom. The number of amides is 5. The van der Waals surface area contributed by atoms with E-state index in [1.165, 1.54) is 29.2 Å². The van der Waals surface area contributed by atoms with Gasteiger partial charge in [-0.25, -0.2) is 18.4 Å². The minimum absolute atomic E-state index is 0.0221. The second kappa shape index (κ2) is 23.3. The van der Waals surface area contributed by atoms with Gasteiger partial charge >= 0.3 is 24.9 Å². The van der Waals surface area contributed by atoms with Crippen LogP contribution in [0.15, 0.2) is 89.6 Å². The maximum Gasteiger partial charge on any atom is 0.324 e. The SMILES string of the molecule is CCN1CC2(CCN(C(=O)N(Cc3ccc(-c4nnc(C(F)F)o4)cc3F)c3ccc4cnn(C)c4c3)CC2)C1.CCN1CC2(CCN(C(=O)N(Cc3ccc(C(=O)CNC(=O)C(F)F)cc3F)c3ccc4cnn(C)c4c3)CC2)C1. The number of carbonyl (C=O) groups excluding carboxylic acids is 4. The van der Waals surface area contributed by atoms with Crippen molar-refractivity contribution in [2.75, 3.05) is 81.8 Å². The van der Waals surface area contributed by atoms with Gasteiger partial charge in [-0.05, 0) is 104 Å². The quantitative estimate of drug-likeness (QED) is 0.0813. The van der Waals surface area contributed by atoms with Crippen LogP contribution in [0.25, 0.3) is 33.3 Å². The molecule has 3 aromatic heterocycles. The van der Waals surface area contributed by atoms with Gasteiger partial charge in [-0.15, -0.1) is 10.2 Å². The number of ketones is 1. The zero-order chi connectivity index (χ0) is 57.3. The lowest BCUT2D eigenvalue weighted by Gasteiger charge is -2.54. The van der Waals surface area contributed by atoms with Crippen molar-refractivity contribution in [3.05, 3.63) is 119 Å². The number of rotatable bonds is 14. The highest BCUT2D eigenvalue weighted by atomic mass is 19.3. The highest BCUT2D eigenvalue weighted by Crippen LogP contribution is 2.42. The van der Waals surface area contributed by atoms with Gasteiger partial charge in [0, 0.05) is 111 Å². The summed E-state index contributed by atoms with van der Waals surface area (Å²) in [6.07, 6.45) is 1.03. The van der Waals surface area contributed by atoms with Crippen LogP contribution in [-0.4, -0.2) is 152 Å². The van der Waals surface area contributed by atoms with E-state index in [1.807, 2.05) is 52.5 Å². The first-order chi connectivity index (χ1) is 38.8. The minimum atomic E-state index is -3.25. The lowest BCUT2D eigenvalue weighted by Crippen LogP contribution is -2.61. The minimum Gasteiger partial charge on any atom is -0.415 e. The molecule has 4 fully saturated rings. The van der Waals surface area contributed by atoms with Crippen LogP contribution < -0.4 is 15.1 Å². The molecular formula is C57H63F6N13O5. The number of hydrogen-bond acceptors (Lipinski definition) is 11. The Bertz CT molecular complexity index is 3440. The van der Waals surface area contributed by atoms with E-state index in [4.69, 9.17) is 4.42 Å². The summed E-state index contributed by atoms with van der Waals surface area (Å²) in [4.78, 5) is 62.9. The van der Waals surface area contributed by atoms with Gasteiger partial charge in [0.2, 0.25) is 5.89 Å². The number of aromatic nitrogens is 6. The molecule has 5 amide bonds. The van der Waals surface area contributed by atoms with E-state index >= 15 is 8.78 Å². The second-order valence-electron chi connectivity index (χ2n) is 21.6. The van der Waals surface area contributed by atoms with Gasteiger partial charge in [0.1, 0.15) is 11.6 Å². The fraction of sp³-hybridized carbons (Fsp3) is 0.439. The van der Waals surface area contributed by atoms with Crippen molar-refractivity contribution in [1.82, 2.24) is 54.7 Å². The smallest absolute Gasteiger partial charge is 0.324 e. The third kappa shape index (κ3) is 12.0. The van der Waals surface area contributed by atoms with Crippen molar-refractivity contribution in [1.29, 1.82) is 0 Å². The van der Waals surface area contributed by atoms with E-state index in [-0.39, 0.29) is 64.1 Å². The molecule has 0 bridgehead atoms. The van der Waals surface area contributed by atoms with Crippen molar-refractivity contribution >= 4 is 56.9 Å². The predicted octanol–water partition coefficient (Wildman–Crippen LogP) is 9.07. The number of urea groups is 2. The average molecular weight is 1120 g/mol. The molecule has 4 aliphatic heterocycles. The molecule has 4 aromatic carbocycles. The number of alkyl halides is 4. The molecule has 18 nitrogen and oxygen atoms in total. The maximum atomic E-state index is 15.4. The highest BCUT2D eigenvalue weighted by Gasteiger charge is 2.46. The van der Waals surface area contributed by atoms with Gasteiger partial charge in [-0.3, -0.25) is 28.8 Å². The van der Waals surface area contributed by atoms with Gasteiger partial charge in [0.15, 0.2) is 5.78 Å². The largest absolute Gasteiger partial charge is 0.415 e. The Morgan fingerprint density at radius 3 is 1.56 bits per heavy atom. The van der Waals surface area contributed by atoms with Gasteiger partial charge in [-0.2, -0.15) is 27.8 Å². The van der Waals surface area contributed by atoms with Crippen LogP contribution in [0.2, 0.25) is 0 Å².